The second-order valence-electron chi connectivity index (χ2n) is 4.73. The van der Waals surface area contributed by atoms with Crippen LogP contribution in [0, 0.1) is 5.92 Å². The number of carbonyl (C=O) groups excluding carboxylic acids is 1. The molecule has 1 atom stereocenters. The number of carbonyl (C=O) groups is 1. The third-order valence-corrected chi connectivity index (χ3v) is 2.46. The molecule has 0 aliphatic rings. The first-order valence-electron chi connectivity index (χ1n) is 6.42. The van der Waals surface area contributed by atoms with Crippen molar-refractivity contribution in [1.29, 1.82) is 0 Å². The zero-order chi connectivity index (χ0) is 12.4. The highest BCUT2D eigenvalue weighted by Gasteiger charge is 2.17. The van der Waals surface area contributed by atoms with E-state index in [4.69, 9.17) is 4.74 Å². The molecule has 3 nitrogen and oxygen atoms in total. The molecule has 0 saturated heterocycles. The molecule has 0 aromatic heterocycles. The Hall–Kier alpha value is -0.570. The van der Waals surface area contributed by atoms with Gasteiger partial charge in [-0.05, 0) is 18.8 Å². The monoisotopic (exact) mass is 230 g/mol. The van der Waals surface area contributed by atoms with E-state index in [-0.39, 0.29) is 0 Å². The molecule has 0 aromatic carbocycles. The van der Waals surface area contributed by atoms with Crippen LogP contribution in [0.15, 0.2) is 0 Å². The maximum Gasteiger partial charge on any atom is 0.334 e. The van der Waals surface area contributed by atoms with Crippen LogP contribution in [-0.4, -0.2) is 23.8 Å². The number of unbranched alkanes of at least 4 members (excludes halogenated alkanes) is 4. The van der Waals surface area contributed by atoms with Gasteiger partial charge in [-0.3, -0.25) is 0 Å². The molecule has 0 fully saturated rings. The van der Waals surface area contributed by atoms with Crippen LogP contribution in [0.4, 0.5) is 0 Å². The smallest absolute Gasteiger partial charge is 0.334 e. The molecular formula is C13H26O3. The van der Waals surface area contributed by atoms with Gasteiger partial charge in [0.05, 0.1) is 6.61 Å². The average Bonchev–Trinajstić information content (AvgIpc) is 2.21. The van der Waals surface area contributed by atoms with Gasteiger partial charge in [0.15, 0.2) is 6.10 Å². The van der Waals surface area contributed by atoms with E-state index in [0.29, 0.717) is 18.9 Å². The van der Waals surface area contributed by atoms with Gasteiger partial charge in [0.25, 0.3) is 0 Å². The van der Waals surface area contributed by atoms with E-state index >= 15 is 0 Å². The molecule has 0 amide bonds. The number of rotatable bonds is 9. The van der Waals surface area contributed by atoms with Crippen molar-refractivity contribution in [3.63, 3.8) is 0 Å². The normalized spacial score (nSPS) is 12.8. The van der Waals surface area contributed by atoms with Crippen LogP contribution < -0.4 is 0 Å². The largest absolute Gasteiger partial charge is 0.464 e. The van der Waals surface area contributed by atoms with Crippen LogP contribution >= 0.6 is 0 Å². The number of aliphatic hydroxyl groups excluding tert-OH is 1. The first kappa shape index (κ1) is 15.4. The lowest BCUT2D eigenvalue weighted by atomic mass is 10.1. The topological polar surface area (TPSA) is 46.5 Å². The molecule has 0 spiro atoms. The lowest BCUT2D eigenvalue weighted by molar-refractivity contribution is -0.154. The minimum Gasteiger partial charge on any atom is -0.464 e. The van der Waals surface area contributed by atoms with Crippen LogP contribution in [0.1, 0.15) is 59.3 Å². The fourth-order valence-electron chi connectivity index (χ4n) is 1.52. The summed E-state index contributed by atoms with van der Waals surface area (Å²) in [5.74, 6) is -0.156. The molecule has 0 bridgehead atoms. The van der Waals surface area contributed by atoms with Gasteiger partial charge in [0.2, 0.25) is 0 Å². The van der Waals surface area contributed by atoms with Gasteiger partial charge in [0, 0.05) is 0 Å². The summed E-state index contributed by atoms with van der Waals surface area (Å²) < 4.78 is 5.00. The Morgan fingerprint density at radius 3 is 2.38 bits per heavy atom. The first-order chi connectivity index (χ1) is 7.57. The van der Waals surface area contributed by atoms with Crippen molar-refractivity contribution in [3.05, 3.63) is 0 Å². The Balaban J connectivity index is 3.42. The molecule has 3 heteroatoms. The molecule has 0 aliphatic carbocycles. The zero-order valence-corrected chi connectivity index (χ0v) is 10.9. The van der Waals surface area contributed by atoms with Crippen molar-refractivity contribution in [3.8, 4) is 0 Å². The van der Waals surface area contributed by atoms with Gasteiger partial charge in [-0.1, -0.05) is 46.5 Å². The second-order valence-corrected chi connectivity index (χ2v) is 4.73. The standard InChI is InChI=1S/C13H26O3/c1-4-5-6-7-8-9-16-13(15)12(14)10-11(2)3/h11-12,14H,4-10H2,1-3H3. The molecule has 0 rings (SSSR count). The van der Waals surface area contributed by atoms with E-state index in [1.807, 2.05) is 13.8 Å². The summed E-state index contributed by atoms with van der Waals surface area (Å²) in [6.45, 7) is 6.56. The molecule has 0 aromatic rings. The Labute approximate surface area is 99.2 Å². The summed E-state index contributed by atoms with van der Waals surface area (Å²) in [5.41, 5.74) is 0. The van der Waals surface area contributed by atoms with Crippen LogP contribution in [0.2, 0.25) is 0 Å². The van der Waals surface area contributed by atoms with Crippen molar-refractivity contribution in [2.24, 2.45) is 5.92 Å². The molecule has 0 radical (unpaired) electrons. The highest BCUT2D eigenvalue weighted by molar-refractivity contribution is 5.74. The molecule has 0 heterocycles. The van der Waals surface area contributed by atoms with E-state index in [9.17, 15) is 9.90 Å². The highest BCUT2D eigenvalue weighted by Crippen LogP contribution is 2.07. The third kappa shape index (κ3) is 8.72. The van der Waals surface area contributed by atoms with Crippen molar-refractivity contribution >= 4 is 5.97 Å². The number of esters is 1. The summed E-state index contributed by atoms with van der Waals surface area (Å²) in [6.07, 6.45) is 5.19. The lowest BCUT2D eigenvalue weighted by Gasteiger charge is -2.12. The van der Waals surface area contributed by atoms with Gasteiger partial charge in [-0.2, -0.15) is 0 Å². The first-order valence-corrected chi connectivity index (χ1v) is 6.42. The molecule has 1 unspecified atom stereocenters. The second kappa shape index (κ2) is 9.64. The van der Waals surface area contributed by atoms with E-state index in [1.165, 1.54) is 19.3 Å². The van der Waals surface area contributed by atoms with E-state index < -0.39 is 12.1 Å². The molecular weight excluding hydrogens is 204 g/mol. The van der Waals surface area contributed by atoms with E-state index in [0.717, 1.165) is 12.8 Å². The van der Waals surface area contributed by atoms with Crippen LogP contribution in [0.25, 0.3) is 0 Å². The summed E-state index contributed by atoms with van der Waals surface area (Å²) >= 11 is 0. The Bertz CT molecular complexity index is 178. The fourth-order valence-corrected chi connectivity index (χ4v) is 1.52. The summed E-state index contributed by atoms with van der Waals surface area (Å²) in [5, 5.41) is 9.45. The Morgan fingerprint density at radius 1 is 1.19 bits per heavy atom. The predicted octanol–water partition coefficient (Wildman–Crippen LogP) is 2.91. The average molecular weight is 230 g/mol. The van der Waals surface area contributed by atoms with E-state index in [2.05, 4.69) is 6.92 Å². The molecule has 0 saturated carbocycles. The van der Waals surface area contributed by atoms with Crippen LogP contribution in [-0.2, 0) is 9.53 Å². The van der Waals surface area contributed by atoms with E-state index in [1.54, 1.807) is 0 Å². The van der Waals surface area contributed by atoms with Crippen molar-refractivity contribution in [1.82, 2.24) is 0 Å². The van der Waals surface area contributed by atoms with Crippen molar-refractivity contribution < 1.29 is 14.6 Å². The van der Waals surface area contributed by atoms with Crippen LogP contribution in [0.3, 0.4) is 0 Å². The van der Waals surface area contributed by atoms with Crippen molar-refractivity contribution in [2.45, 2.75) is 65.4 Å². The Morgan fingerprint density at radius 2 is 1.81 bits per heavy atom. The Kier molecular flexibility index (Phi) is 9.30. The maximum atomic E-state index is 11.3. The zero-order valence-electron chi connectivity index (χ0n) is 10.9. The number of aliphatic hydroxyl groups is 1. The lowest BCUT2D eigenvalue weighted by Crippen LogP contribution is -2.25. The number of ether oxygens (including phenoxy) is 1. The SMILES string of the molecule is CCCCCCCOC(=O)C(O)CC(C)C. The minimum absolute atomic E-state index is 0.312. The van der Waals surface area contributed by atoms with Crippen LogP contribution in [0.5, 0.6) is 0 Å². The fraction of sp³-hybridized carbons (Fsp3) is 0.923. The van der Waals surface area contributed by atoms with Gasteiger partial charge >= 0.3 is 5.97 Å². The molecule has 96 valence electrons. The molecule has 16 heavy (non-hydrogen) atoms. The third-order valence-electron chi connectivity index (χ3n) is 2.46. The van der Waals surface area contributed by atoms with Crippen molar-refractivity contribution in [2.75, 3.05) is 6.61 Å². The molecule has 1 N–H and O–H groups in total. The minimum atomic E-state index is -0.948. The summed E-state index contributed by atoms with van der Waals surface area (Å²) in [7, 11) is 0. The van der Waals surface area contributed by atoms with Gasteiger partial charge < -0.3 is 9.84 Å². The quantitative estimate of drug-likeness (QED) is 0.489. The summed E-state index contributed by atoms with van der Waals surface area (Å²) in [6, 6.07) is 0. The predicted molar refractivity (Wildman–Crippen MR) is 65.2 cm³/mol. The summed E-state index contributed by atoms with van der Waals surface area (Å²) in [4.78, 5) is 11.3. The van der Waals surface area contributed by atoms with Gasteiger partial charge in [-0.25, -0.2) is 4.79 Å². The molecule has 0 aliphatic heterocycles. The van der Waals surface area contributed by atoms with Gasteiger partial charge in [-0.15, -0.1) is 0 Å². The number of hydrogen-bond donors (Lipinski definition) is 1. The highest BCUT2D eigenvalue weighted by atomic mass is 16.5. The number of hydrogen-bond acceptors (Lipinski definition) is 3. The maximum absolute atomic E-state index is 11.3. The van der Waals surface area contributed by atoms with Gasteiger partial charge in [0.1, 0.15) is 0 Å².